The van der Waals surface area contributed by atoms with Crippen LogP contribution in [0.5, 0.6) is 0 Å². The first-order valence-corrected chi connectivity index (χ1v) is 5.58. The monoisotopic (exact) mass is 238 g/mol. The van der Waals surface area contributed by atoms with Crippen molar-refractivity contribution in [3.8, 4) is 0 Å². The predicted octanol–water partition coefficient (Wildman–Crippen LogP) is 3.25. The lowest BCUT2D eigenvalue weighted by Crippen LogP contribution is -2.07. The molecule has 1 rings (SSSR count). The Kier molecular flexibility index (Phi) is 7.11. The number of nitrogens with zero attached hydrogens (tertiary/aromatic N) is 2. The van der Waals surface area contributed by atoms with E-state index in [1.54, 1.807) is 0 Å². The lowest BCUT2D eigenvalue weighted by molar-refractivity contribution is -0.141. The van der Waals surface area contributed by atoms with E-state index in [0.717, 1.165) is 18.6 Å². The van der Waals surface area contributed by atoms with E-state index >= 15 is 0 Å². The zero-order valence-electron chi connectivity index (χ0n) is 8.58. The van der Waals surface area contributed by atoms with Gasteiger partial charge in [-0.2, -0.15) is 24.9 Å². The maximum atomic E-state index is 11.7. The van der Waals surface area contributed by atoms with Crippen LogP contribution in [-0.2, 0) is 6.18 Å². The van der Waals surface area contributed by atoms with Crippen LogP contribution in [0.3, 0.4) is 0 Å². The summed E-state index contributed by atoms with van der Waals surface area (Å²) in [6.07, 6.45) is -2.44. The summed E-state index contributed by atoms with van der Waals surface area (Å²) in [5.74, 6) is 2.52. The van der Waals surface area contributed by atoms with Crippen LogP contribution in [0, 0.1) is 0 Å². The molecule has 0 N–H and O–H groups in total. The molecule has 86 valence electrons. The van der Waals surface area contributed by atoms with Crippen molar-refractivity contribution >= 4 is 11.8 Å². The molecule has 0 amide bonds. The van der Waals surface area contributed by atoms with Gasteiger partial charge in [-0.25, -0.2) is 9.97 Å². The molecule has 0 atom stereocenters. The molecule has 0 aliphatic heterocycles. The number of alkyl halides is 3. The van der Waals surface area contributed by atoms with E-state index in [2.05, 4.69) is 23.8 Å². The Morgan fingerprint density at radius 1 is 1.27 bits per heavy atom. The van der Waals surface area contributed by atoms with E-state index in [4.69, 9.17) is 0 Å². The van der Waals surface area contributed by atoms with Gasteiger partial charge in [0, 0.05) is 6.20 Å². The molecule has 0 unspecified atom stereocenters. The van der Waals surface area contributed by atoms with E-state index in [9.17, 15) is 13.2 Å². The molecule has 0 aliphatic carbocycles. The molecule has 1 aromatic heterocycles. The van der Waals surface area contributed by atoms with Crippen LogP contribution in [0.2, 0.25) is 0 Å². The topological polar surface area (TPSA) is 25.8 Å². The molecule has 0 aromatic carbocycles. The quantitative estimate of drug-likeness (QED) is 0.791. The Morgan fingerprint density at radius 2 is 1.87 bits per heavy atom. The largest absolute Gasteiger partial charge is 0.433 e. The molecule has 0 fully saturated rings. The standard InChI is InChI=1S/C5H3F3N2.C4H10S/c6-5(7,8)4-1-2-9-3-10-4;1-3-5-4-2/h1-3H;3-4H2,1-2H3. The van der Waals surface area contributed by atoms with Crippen LogP contribution in [0.1, 0.15) is 19.5 Å². The minimum Gasteiger partial charge on any atom is -0.245 e. The maximum Gasteiger partial charge on any atom is 0.433 e. The number of rotatable bonds is 2. The summed E-state index contributed by atoms with van der Waals surface area (Å²) in [5, 5.41) is 0. The van der Waals surface area contributed by atoms with Gasteiger partial charge in [-0.1, -0.05) is 13.8 Å². The summed E-state index contributed by atoms with van der Waals surface area (Å²) in [6.45, 7) is 4.35. The van der Waals surface area contributed by atoms with Crippen LogP contribution in [0.25, 0.3) is 0 Å². The molecule has 2 nitrogen and oxygen atoms in total. The molecule has 0 saturated heterocycles. The summed E-state index contributed by atoms with van der Waals surface area (Å²) in [5.41, 5.74) is -0.914. The highest BCUT2D eigenvalue weighted by Gasteiger charge is 2.31. The van der Waals surface area contributed by atoms with E-state index in [1.807, 2.05) is 11.8 Å². The fourth-order valence-corrected chi connectivity index (χ4v) is 1.07. The van der Waals surface area contributed by atoms with Crippen molar-refractivity contribution in [1.29, 1.82) is 0 Å². The fourth-order valence-electron chi connectivity index (χ4n) is 0.662. The van der Waals surface area contributed by atoms with Gasteiger partial charge in [-0.3, -0.25) is 0 Å². The second-order valence-electron chi connectivity index (χ2n) is 2.37. The van der Waals surface area contributed by atoms with Gasteiger partial charge in [0.15, 0.2) is 0 Å². The first kappa shape index (κ1) is 14.2. The molecule has 0 spiro atoms. The normalized spacial score (nSPS) is 10.5. The van der Waals surface area contributed by atoms with Gasteiger partial charge in [-0.05, 0) is 17.6 Å². The number of hydrogen-bond donors (Lipinski definition) is 0. The summed E-state index contributed by atoms with van der Waals surface area (Å²) in [4.78, 5) is 6.36. The highest BCUT2D eigenvalue weighted by atomic mass is 32.2. The summed E-state index contributed by atoms with van der Waals surface area (Å²) >= 11 is 1.96. The summed E-state index contributed by atoms with van der Waals surface area (Å²) < 4.78 is 35.1. The van der Waals surface area contributed by atoms with Crippen molar-refractivity contribution in [2.24, 2.45) is 0 Å². The third-order valence-electron chi connectivity index (χ3n) is 1.28. The lowest BCUT2D eigenvalue weighted by atomic mass is 10.4. The van der Waals surface area contributed by atoms with Gasteiger partial charge < -0.3 is 0 Å². The first-order chi connectivity index (χ1) is 7.02. The van der Waals surface area contributed by atoms with Crippen LogP contribution in [-0.4, -0.2) is 21.5 Å². The van der Waals surface area contributed by atoms with Gasteiger partial charge >= 0.3 is 6.18 Å². The van der Waals surface area contributed by atoms with Crippen LogP contribution in [0.15, 0.2) is 18.6 Å². The molecule has 15 heavy (non-hydrogen) atoms. The molecular weight excluding hydrogens is 225 g/mol. The van der Waals surface area contributed by atoms with Gasteiger partial charge in [0.05, 0.1) is 0 Å². The van der Waals surface area contributed by atoms with Crippen molar-refractivity contribution in [2.75, 3.05) is 11.5 Å². The van der Waals surface area contributed by atoms with E-state index < -0.39 is 11.9 Å². The lowest BCUT2D eigenvalue weighted by Gasteiger charge is -2.02. The molecule has 1 aromatic rings. The third kappa shape index (κ3) is 7.18. The Hall–Kier alpha value is -0.780. The molecule has 0 saturated carbocycles. The Bertz CT molecular complexity index is 249. The van der Waals surface area contributed by atoms with E-state index in [1.165, 1.54) is 11.5 Å². The molecule has 0 bridgehead atoms. The smallest absolute Gasteiger partial charge is 0.245 e. The van der Waals surface area contributed by atoms with Crippen molar-refractivity contribution in [3.63, 3.8) is 0 Å². The molecule has 0 radical (unpaired) electrons. The molecule has 1 heterocycles. The number of thioether (sulfide) groups is 1. The first-order valence-electron chi connectivity index (χ1n) is 4.43. The third-order valence-corrected chi connectivity index (χ3v) is 2.10. The SMILES string of the molecule is CCSCC.FC(F)(F)c1ccncn1. The Morgan fingerprint density at radius 3 is 2.07 bits per heavy atom. The van der Waals surface area contributed by atoms with Crippen LogP contribution in [0.4, 0.5) is 13.2 Å². The Labute approximate surface area is 91.3 Å². The van der Waals surface area contributed by atoms with Crippen molar-refractivity contribution in [2.45, 2.75) is 20.0 Å². The van der Waals surface area contributed by atoms with E-state index in [-0.39, 0.29) is 0 Å². The van der Waals surface area contributed by atoms with Crippen LogP contribution < -0.4 is 0 Å². The second-order valence-corrected chi connectivity index (χ2v) is 3.94. The maximum absolute atomic E-state index is 11.7. The summed E-state index contributed by atoms with van der Waals surface area (Å²) in [6, 6.07) is 0.819. The highest BCUT2D eigenvalue weighted by molar-refractivity contribution is 7.99. The number of aromatic nitrogens is 2. The molecule has 0 aliphatic rings. The predicted molar refractivity (Wildman–Crippen MR) is 55.7 cm³/mol. The van der Waals surface area contributed by atoms with Gasteiger partial charge in [0.1, 0.15) is 12.0 Å². The minimum atomic E-state index is -4.36. The van der Waals surface area contributed by atoms with Crippen molar-refractivity contribution < 1.29 is 13.2 Å². The van der Waals surface area contributed by atoms with Gasteiger partial charge in [0.2, 0.25) is 0 Å². The van der Waals surface area contributed by atoms with Gasteiger partial charge in [0.25, 0.3) is 0 Å². The van der Waals surface area contributed by atoms with Gasteiger partial charge in [-0.15, -0.1) is 0 Å². The average molecular weight is 238 g/mol. The average Bonchev–Trinajstić information content (AvgIpc) is 2.20. The van der Waals surface area contributed by atoms with Crippen molar-refractivity contribution in [3.05, 3.63) is 24.3 Å². The van der Waals surface area contributed by atoms with Crippen LogP contribution >= 0.6 is 11.8 Å². The zero-order valence-corrected chi connectivity index (χ0v) is 9.40. The van der Waals surface area contributed by atoms with Crippen molar-refractivity contribution in [1.82, 2.24) is 9.97 Å². The number of hydrogen-bond acceptors (Lipinski definition) is 3. The van der Waals surface area contributed by atoms with E-state index in [0.29, 0.717) is 0 Å². The molecule has 6 heteroatoms. The second kappa shape index (κ2) is 7.50. The molecular formula is C9H13F3N2S. The highest BCUT2D eigenvalue weighted by Crippen LogP contribution is 2.26. The minimum absolute atomic E-state index is 0.819. The Balaban J connectivity index is 0.000000336. The number of halogens is 3. The summed E-state index contributed by atoms with van der Waals surface area (Å²) in [7, 11) is 0. The zero-order chi connectivity index (χ0) is 11.7. The fraction of sp³-hybridized carbons (Fsp3) is 0.556.